The molecule has 0 radical (unpaired) electrons. The summed E-state index contributed by atoms with van der Waals surface area (Å²) in [5.41, 5.74) is 0. The zero-order valence-corrected chi connectivity index (χ0v) is 7.59. The Kier molecular flexibility index (Phi) is 5.32. The van der Waals surface area contributed by atoms with Gasteiger partial charge in [0.25, 0.3) is 0 Å². The van der Waals surface area contributed by atoms with Crippen LogP contribution in [0.4, 0.5) is 0 Å². The molecule has 0 N–H and O–H groups in total. The van der Waals surface area contributed by atoms with Crippen LogP contribution in [-0.2, 0) is 0 Å². The molecule has 0 saturated carbocycles. The molecule has 0 fully saturated rings. The average Bonchev–Trinajstić information content (AvgIpc) is 1.88. The van der Waals surface area contributed by atoms with E-state index in [0.29, 0.717) is 6.04 Å². The molecule has 0 aliphatic carbocycles. The Labute approximate surface area is 64.7 Å². The predicted octanol–water partition coefficient (Wildman–Crippen LogP) is 2.29. The van der Waals surface area contributed by atoms with Crippen molar-refractivity contribution in [1.82, 2.24) is 4.90 Å². The van der Waals surface area contributed by atoms with Gasteiger partial charge in [0.15, 0.2) is 0 Å². The van der Waals surface area contributed by atoms with Crippen molar-refractivity contribution in [1.29, 1.82) is 0 Å². The molecular weight excluding hydrogens is 122 g/mol. The van der Waals surface area contributed by atoms with Gasteiger partial charge in [-0.3, -0.25) is 0 Å². The first kappa shape index (κ1) is 9.70. The maximum atomic E-state index is 2.35. The van der Waals surface area contributed by atoms with E-state index in [0.717, 1.165) is 0 Å². The SMILES string of the molecule is C/C=C\CCN(C)C(C)C. The molecule has 0 aliphatic rings. The van der Waals surface area contributed by atoms with Crippen LogP contribution >= 0.6 is 0 Å². The molecule has 0 aliphatic heterocycles. The minimum absolute atomic E-state index is 0.672. The van der Waals surface area contributed by atoms with E-state index in [-0.39, 0.29) is 0 Å². The van der Waals surface area contributed by atoms with Crippen LogP contribution in [0.5, 0.6) is 0 Å². The Morgan fingerprint density at radius 1 is 1.40 bits per heavy atom. The second kappa shape index (κ2) is 5.48. The van der Waals surface area contributed by atoms with Gasteiger partial charge in [-0.05, 0) is 34.2 Å². The lowest BCUT2D eigenvalue weighted by Crippen LogP contribution is -2.26. The zero-order chi connectivity index (χ0) is 7.98. The highest BCUT2D eigenvalue weighted by Gasteiger charge is 1.99. The summed E-state index contributed by atoms with van der Waals surface area (Å²) in [6.07, 6.45) is 5.48. The quantitative estimate of drug-likeness (QED) is 0.543. The van der Waals surface area contributed by atoms with Crippen molar-refractivity contribution in [3.63, 3.8) is 0 Å². The van der Waals surface area contributed by atoms with Gasteiger partial charge < -0.3 is 4.90 Å². The van der Waals surface area contributed by atoms with Crippen molar-refractivity contribution in [2.45, 2.75) is 33.2 Å². The summed E-state index contributed by atoms with van der Waals surface area (Å²) in [7, 11) is 2.16. The molecule has 0 heterocycles. The van der Waals surface area contributed by atoms with E-state index in [1.807, 2.05) is 0 Å². The summed E-state index contributed by atoms with van der Waals surface area (Å²) in [6, 6.07) is 0.672. The first-order valence-corrected chi connectivity index (χ1v) is 4.00. The van der Waals surface area contributed by atoms with E-state index in [1.54, 1.807) is 0 Å². The third-order valence-electron chi connectivity index (χ3n) is 1.77. The molecule has 0 unspecified atom stereocenters. The summed E-state index contributed by atoms with van der Waals surface area (Å²) in [5.74, 6) is 0. The molecule has 60 valence electrons. The van der Waals surface area contributed by atoms with E-state index < -0.39 is 0 Å². The molecular formula is C9H19N. The van der Waals surface area contributed by atoms with Gasteiger partial charge in [-0.1, -0.05) is 12.2 Å². The Bertz CT molecular complexity index is 94.9. The third kappa shape index (κ3) is 4.57. The maximum Gasteiger partial charge on any atom is 0.00356 e. The van der Waals surface area contributed by atoms with Gasteiger partial charge in [0.05, 0.1) is 0 Å². The van der Waals surface area contributed by atoms with Crippen molar-refractivity contribution in [2.24, 2.45) is 0 Å². The normalized spacial score (nSPS) is 12.2. The topological polar surface area (TPSA) is 3.24 Å². The standard InChI is InChI=1S/C9H19N/c1-5-6-7-8-10(4)9(2)3/h5-6,9H,7-8H2,1-4H3/b6-5-. The maximum absolute atomic E-state index is 2.35. The van der Waals surface area contributed by atoms with Crippen LogP contribution in [-0.4, -0.2) is 24.5 Å². The van der Waals surface area contributed by atoms with Crippen molar-refractivity contribution in [3.05, 3.63) is 12.2 Å². The molecule has 1 nitrogen and oxygen atoms in total. The second-order valence-corrected chi connectivity index (χ2v) is 2.93. The van der Waals surface area contributed by atoms with Crippen LogP contribution < -0.4 is 0 Å². The summed E-state index contributed by atoms with van der Waals surface area (Å²) in [4.78, 5) is 2.35. The van der Waals surface area contributed by atoms with E-state index in [4.69, 9.17) is 0 Å². The van der Waals surface area contributed by atoms with Crippen molar-refractivity contribution < 1.29 is 0 Å². The highest BCUT2D eigenvalue weighted by atomic mass is 15.1. The summed E-state index contributed by atoms with van der Waals surface area (Å²) < 4.78 is 0. The fourth-order valence-corrected chi connectivity index (χ4v) is 0.703. The summed E-state index contributed by atoms with van der Waals surface area (Å²) in [5, 5.41) is 0. The van der Waals surface area contributed by atoms with E-state index in [1.165, 1.54) is 13.0 Å². The summed E-state index contributed by atoms with van der Waals surface area (Å²) >= 11 is 0. The molecule has 0 aromatic heterocycles. The minimum atomic E-state index is 0.672. The van der Waals surface area contributed by atoms with Crippen LogP contribution in [0.1, 0.15) is 27.2 Å². The van der Waals surface area contributed by atoms with Gasteiger partial charge in [-0.2, -0.15) is 0 Å². The fraction of sp³-hybridized carbons (Fsp3) is 0.778. The molecule has 0 spiro atoms. The third-order valence-corrected chi connectivity index (χ3v) is 1.77. The first-order chi connectivity index (χ1) is 4.68. The highest BCUT2D eigenvalue weighted by Crippen LogP contribution is 1.95. The summed E-state index contributed by atoms with van der Waals surface area (Å²) in [6.45, 7) is 7.67. The predicted molar refractivity (Wildman–Crippen MR) is 47.2 cm³/mol. The Balaban J connectivity index is 3.30. The largest absolute Gasteiger partial charge is 0.304 e. The molecule has 0 aromatic rings. The van der Waals surface area contributed by atoms with Gasteiger partial charge in [-0.15, -0.1) is 0 Å². The lowest BCUT2D eigenvalue weighted by molar-refractivity contribution is 0.279. The zero-order valence-electron chi connectivity index (χ0n) is 7.59. The lowest BCUT2D eigenvalue weighted by atomic mass is 10.3. The smallest absolute Gasteiger partial charge is 0.00356 e. The van der Waals surface area contributed by atoms with Crippen molar-refractivity contribution >= 4 is 0 Å². The Hall–Kier alpha value is -0.300. The Morgan fingerprint density at radius 2 is 2.00 bits per heavy atom. The van der Waals surface area contributed by atoms with Crippen LogP contribution in [0.15, 0.2) is 12.2 Å². The monoisotopic (exact) mass is 141 g/mol. The van der Waals surface area contributed by atoms with Crippen LogP contribution in [0.2, 0.25) is 0 Å². The van der Waals surface area contributed by atoms with Crippen LogP contribution in [0.3, 0.4) is 0 Å². The van der Waals surface area contributed by atoms with Crippen LogP contribution in [0.25, 0.3) is 0 Å². The lowest BCUT2D eigenvalue weighted by Gasteiger charge is -2.19. The molecule has 10 heavy (non-hydrogen) atoms. The average molecular weight is 141 g/mol. The minimum Gasteiger partial charge on any atom is -0.304 e. The van der Waals surface area contributed by atoms with E-state index in [2.05, 4.69) is 44.9 Å². The molecule has 0 rings (SSSR count). The number of hydrogen-bond donors (Lipinski definition) is 0. The number of hydrogen-bond acceptors (Lipinski definition) is 1. The van der Waals surface area contributed by atoms with Gasteiger partial charge in [0.1, 0.15) is 0 Å². The molecule has 0 aromatic carbocycles. The van der Waals surface area contributed by atoms with Gasteiger partial charge in [0, 0.05) is 12.6 Å². The number of nitrogens with zero attached hydrogens (tertiary/aromatic N) is 1. The van der Waals surface area contributed by atoms with Crippen molar-refractivity contribution in [2.75, 3.05) is 13.6 Å². The Morgan fingerprint density at radius 3 is 2.40 bits per heavy atom. The molecule has 0 atom stereocenters. The molecule has 1 heteroatoms. The van der Waals surface area contributed by atoms with E-state index in [9.17, 15) is 0 Å². The first-order valence-electron chi connectivity index (χ1n) is 4.00. The van der Waals surface area contributed by atoms with Crippen LogP contribution in [0, 0.1) is 0 Å². The number of rotatable bonds is 4. The molecule has 0 amide bonds. The highest BCUT2D eigenvalue weighted by molar-refractivity contribution is 4.78. The van der Waals surface area contributed by atoms with Gasteiger partial charge in [0.2, 0.25) is 0 Å². The van der Waals surface area contributed by atoms with Gasteiger partial charge in [-0.25, -0.2) is 0 Å². The molecule has 0 bridgehead atoms. The molecule has 0 saturated heterocycles. The fourth-order valence-electron chi connectivity index (χ4n) is 0.703. The second-order valence-electron chi connectivity index (χ2n) is 2.93. The van der Waals surface area contributed by atoms with E-state index >= 15 is 0 Å². The number of allylic oxidation sites excluding steroid dienone is 1. The van der Waals surface area contributed by atoms with Gasteiger partial charge >= 0.3 is 0 Å². The van der Waals surface area contributed by atoms with Crippen molar-refractivity contribution in [3.8, 4) is 0 Å².